The maximum atomic E-state index is 10.8. The zero-order valence-electron chi connectivity index (χ0n) is 18.1. The SMILES string of the molecule is NC(N)=NCCCCCCNc1nc(=S)c2ncn([C@@H]3O[C@H](COP(=O)([O-])O)C(O)[C@@H]3O)c2[nH]1. The molecule has 2 aromatic heterocycles. The van der Waals surface area contributed by atoms with Crippen molar-refractivity contribution in [1.29, 1.82) is 0 Å². The van der Waals surface area contributed by atoms with E-state index in [1.165, 1.54) is 10.9 Å². The van der Waals surface area contributed by atoms with Crippen LogP contribution in [-0.4, -0.2) is 78.6 Å². The minimum absolute atomic E-state index is 0.0879. The number of aromatic nitrogens is 4. The summed E-state index contributed by atoms with van der Waals surface area (Å²) >= 11 is 5.31. The Labute approximate surface area is 199 Å². The molecule has 3 rings (SSSR count). The van der Waals surface area contributed by atoms with Crippen molar-refractivity contribution in [3.8, 4) is 0 Å². The van der Waals surface area contributed by atoms with Crippen LogP contribution >= 0.6 is 20.0 Å². The average Bonchev–Trinajstić information content (AvgIpc) is 3.29. The predicted molar refractivity (Wildman–Crippen MR) is 122 cm³/mol. The van der Waals surface area contributed by atoms with E-state index in [0.717, 1.165) is 25.7 Å². The highest BCUT2D eigenvalue weighted by molar-refractivity contribution is 7.71. The number of rotatable bonds is 12. The van der Waals surface area contributed by atoms with Crippen LogP contribution in [-0.2, 0) is 13.8 Å². The fourth-order valence-electron chi connectivity index (χ4n) is 3.48. The summed E-state index contributed by atoms with van der Waals surface area (Å²) in [6, 6.07) is 0. The largest absolute Gasteiger partial charge is 0.756 e. The fourth-order valence-corrected chi connectivity index (χ4v) is 4.06. The molecule has 0 aliphatic carbocycles. The number of phosphoric ester groups is 1. The number of unbranched alkanes of at least 4 members (excludes halogenated alkanes) is 3. The number of aromatic amines is 1. The second-order valence-corrected chi connectivity index (χ2v) is 9.28. The molecule has 1 fully saturated rings. The molecule has 5 atom stereocenters. The van der Waals surface area contributed by atoms with Crippen molar-refractivity contribution < 1.29 is 33.8 Å². The van der Waals surface area contributed by atoms with Crippen molar-refractivity contribution in [2.45, 2.75) is 50.2 Å². The van der Waals surface area contributed by atoms with E-state index in [2.05, 4.69) is 29.8 Å². The zero-order valence-corrected chi connectivity index (χ0v) is 19.8. The summed E-state index contributed by atoms with van der Waals surface area (Å²) in [4.78, 5) is 35.1. The number of nitrogens with two attached hydrogens (primary N) is 2. The maximum Gasteiger partial charge on any atom is 0.265 e. The van der Waals surface area contributed by atoms with Gasteiger partial charge in [-0.3, -0.25) is 14.1 Å². The Morgan fingerprint density at radius 3 is 2.79 bits per heavy atom. The lowest BCUT2D eigenvalue weighted by Gasteiger charge is -2.20. The third-order valence-corrected chi connectivity index (χ3v) is 5.89. The molecule has 190 valence electrons. The van der Waals surface area contributed by atoms with Crippen LogP contribution in [0.2, 0.25) is 0 Å². The Morgan fingerprint density at radius 1 is 1.35 bits per heavy atom. The predicted octanol–water partition coefficient (Wildman–Crippen LogP) is -1.17. The maximum absolute atomic E-state index is 10.8. The molecule has 1 aliphatic rings. The molecule has 1 aliphatic heterocycles. The number of aliphatic hydroxyl groups is 2. The molecule has 1 saturated heterocycles. The molecule has 9 N–H and O–H groups in total. The molecule has 34 heavy (non-hydrogen) atoms. The van der Waals surface area contributed by atoms with E-state index in [9.17, 15) is 19.7 Å². The summed E-state index contributed by atoms with van der Waals surface area (Å²) < 4.78 is 22.3. The topological polar surface area (TPSA) is 242 Å². The van der Waals surface area contributed by atoms with Crippen molar-refractivity contribution in [2.75, 3.05) is 25.0 Å². The van der Waals surface area contributed by atoms with E-state index in [4.69, 9.17) is 33.3 Å². The number of ether oxygens (including phenoxy) is 1. The number of hydrogen-bond acceptors (Lipinski definition) is 11. The van der Waals surface area contributed by atoms with E-state index in [1.54, 1.807) is 0 Å². The Kier molecular flexibility index (Phi) is 8.95. The number of imidazole rings is 1. The van der Waals surface area contributed by atoms with Gasteiger partial charge in [-0.1, -0.05) is 25.1 Å². The number of anilines is 1. The molecule has 3 heterocycles. The van der Waals surface area contributed by atoms with Crippen LogP contribution in [0.3, 0.4) is 0 Å². The number of nitrogens with one attached hydrogen (secondary N) is 2. The summed E-state index contributed by atoms with van der Waals surface area (Å²) in [5, 5.41) is 23.8. The first kappa shape index (κ1) is 26.4. The van der Waals surface area contributed by atoms with Crippen molar-refractivity contribution in [3.05, 3.63) is 11.0 Å². The van der Waals surface area contributed by atoms with E-state index < -0.39 is 39.0 Å². The number of aliphatic hydroxyl groups excluding tert-OH is 2. The number of nitrogens with zero attached hydrogens (tertiary/aromatic N) is 4. The van der Waals surface area contributed by atoms with Gasteiger partial charge in [0, 0.05) is 13.1 Å². The number of aliphatic imine (C=N–C) groups is 1. The Balaban J connectivity index is 1.63. The molecule has 0 bridgehead atoms. The smallest absolute Gasteiger partial charge is 0.265 e. The lowest BCUT2D eigenvalue weighted by molar-refractivity contribution is -0.222. The van der Waals surface area contributed by atoms with Crippen LogP contribution in [0, 0.1) is 4.64 Å². The third-order valence-electron chi connectivity index (χ3n) is 5.13. The first-order valence-electron chi connectivity index (χ1n) is 10.5. The van der Waals surface area contributed by atoms with Crippen molar-refractivity contribution in [3.63, 3.8) is 0 Å². The molecule has 0 saturated carbocycles. The minimum Gasteiger partial charge on any atom is -0.756 e. The van der Waals surface area contributed by atoms with Crippen LogP contribution in [0.1, 0.15) is 31.9 Å². The molecule has 2 unspecified atom stereocenters. The number of guanidine groups is 1. The second kappa shape index (κ2) is 11.5. The molecular formula is C17H28N8O7PS-. The monoisotopic (exact) mass is 519 g/mol. The molecule has 0 amide bonds. The summed E-state index contributed by atoms with van der Waals surface area (Å²) in [6.07, 6.45) is -0.190. The van der Waals surface area contributed by atoms with Crippen LogP contribution in [0.5, 0.6) is 0 Å². The molecule has 0 radical (unpaired) electrons. The van der Waals surface area contributed by atoms with Crippen LogP contribution in [0.4, 0.5) is 5.95 Å². The van der Waals surface area contributed by atoms with Gasteiger partial charge >= 0.3 is 0 Å². The first-order chi connectivity index (χ1) is 16.1. The van der Waals surface area contributed by atoms with E-state index in [0.29, 0.717) is 30.2 Å². The van der Waals surface area contributed by atoms with Gasteiger partial charge in [-0.2, -0.15) is 0 Å². The summed E-state index contributed by atoms with van der Waals surface area (Å²) in [5.74, 6) is 0.477. The zero-order chi connectivity index (χ0) is 24.9. The quantitative estimate of drug-likeness (QED) is 0.0575. The van der Waals surface area contributed by atoms with Gasteiger partial charge in [-0.05, 0) is 12.8 Å². The molecule has 15 nitrogen and oxygen atoms in total. The van der Waals surface area contributed by atoms with Crippen LogP contribution in [0.15, 0.2) is 11.3 Å². The van der Waals surface area contributed by atoms with Crippen molar-refractivity contribution in [2.24, 2.45) is 16.5 Å². The molecule has 2 aromatic rings. The van der Waals surface area contributed by atoms with Crippen molar-refractivity contribution in [1.82, 2.24) is 19.5 Å². The van der Waals surface area contributed by atoms with Gasteiger partial charge in [-0.15, -0.1) is 0 Å². The number of H-pyrrole nitrogens is 1. The van der Waals surface area contributed by atoms with Gasteiger partial charge in [0.25, 0.3) is 7.82 Å². The Morgan fingerprint density at radius 2 is 2.09 bits per heavy atom. The van der Waals surface area contributed by atoms with E-state index >= 15 is 0 Å². The minimum atomic E-state index is -5.02. The van der Waals surface area contributed by atoms with Gasteiger partial charge in [0.2, 0.25) is 5.95 Å². The van der Waals surface area contributed by atoms with Gasteiger partial charge in [-0.25, -0.2) is 9.97 Å². The molecule has 17 heteroatoms. The highest BCUT2D eigenvalue weighted by Crippen LogP contribution is 2.36. The number of hydrogen-bond donors (Lipinski definition) is 7. The number of fused-ring (bicyclic) bond motifs is 1. The van der Waals surface area contributed by atoms with Gasteiger partial charge in [0.05, 0.1) is 12.9 Å². The summed E-state index contributed by atoms with van der Waals surface area (Å²) in [5.41, 5.74) is 11.3. The fraction of sp³-hybridized carbons (Fsp3) is 0.647. The standard InChI is InChI=1S/C17H29N8O7PS/c18-16(19)20-5-3-1-2-4-6-21-17-23-13-10(14(34)24-17)22-8-25(13)15-12(27)11(26)9(32-15)7-31-33(28,29)30/h8-9,11-12,15,26-27H,1-7H2,(H4,18,19,20)(H2,28,29,30)(H2,21,23,24,34)/p-1/t9-,11?,12+,15-/m1/s1. The molecule has 0 aromatic carbocycles. The highest BCUT2D eigenvalue weighted by Gasteiger charge is 2.44. The third kappa shape index (κ3) is 6.93. The van der Waals surface area contributed by atoms with Crippen LogP contribution in [0.25, 0.3) is 11.2 Å². The summed E-state index contributed by atoms with van der Waals surface area (Å²) in [6.45, 7) is 0.546. The average molecular weight is 520 g/mol. The van der Waals surface area contributed by atoms with Crippen molar-refractivity contribution >= 4 is 43.1 Å². The highest BCUT2D eigenvalue weighted by atomic mass is 32.1. The van der Waals surface area contributed by atoms with Gasteiger partial charge in [0.1, 0.15) is 29.5 Å². The normalized spacial score (nSPS) is 24.2. The Hall–Kier alpha value is -2.17. The molecular weight excluding hydrogens is 491 g/mol. The van der Waals surface area contributed by atoms with Gasteiger partial charge in [0.15, 0.2) is 16.8 Å². The number of phosphoric acid groups is 1. The van der Waals surface area contributed by atoms with E-state index in [-0.39, 0.29) is 10.6 Å². The van der Waals surface area contributed by atoms with Gasteiger partial charge < -0.3 is 51.0 Å². The Bertz CT molecular complexity index is 1100. The van der Waals surface area contributed by atoms with Crippen LogP contribution < -0.4 is 21.7 Å². The lowest BCUT2D eigenvalue weighted by Crippen LogP contribution is -2.34. The second-order valence-electron chi connectivity index (χ2n) is 7.70. The first-order valence-corrected chi connectivity index (χ1v) is 12.4. The summed E-state index contributed by atoms with van der Waals surface area (Å²) in [7, 11) is -5.02. The van der Waals surface area contributed by atoms with E-state index in [1.807, 2.05) is 0 Å². The molecule has 0 spiro atoms. The lowest BCUT2D eigenvalue weighted by atomic mass is 10.1.